The summed E-state index contributed by atoms with van der Waals surface area (Å²) in [6, 6.07) is 5.04. The molecule has 110 valence electrons. The van der Waals surface area contributed by atoms with Crippen LogP contribution in [0.5, 0.6) is 0 Å². The second kappa shape index (κ2) is 5.51. The molecule has 0 atom stereocenters. The van der Waals surface area contributed by atoms with E-state index >= 15 is 0 Å². The van der Waals surface area contributed by atoms with Crippen molar-refractivity contribution in [1.29, 1.82) is 0 Å². The van der Waals surface area contributed by atoms with Gasteiger partial charge in [-0.15, -0.1) is 0 Å². The summed E-state index contributed by atoms with van der Waals surface area (Å²) in [6.45, 7) is 1.17. The third kappa shape index (κ3) is 3.36. The van der Waals surface area contributed by atoms with Crippen molar-refractivity contribution in [2.24, 2.45) is 0 Å². The van der Waals surface area contributed by atoms with Crippen LogP contribution in [0.15, 0.2) is 29.2 Å². The van der Waals surface area contributed by atoms with Crippen molar-refractivity contribution < 1.29 is 23.4 Å². The summed E-state index contributed by atoms with van der Waals surface area (Å²) in [7, 11) is -3.63. The molecule has 1 heterocycles. The molecule has 1 aliphatic rings. The second-order valence-electron chi connectivity index (χ2n) is 5.06. The van der Waals surface area contributed by atoms with Gasteiger partial charge in [-0.3, -0.25) is 0 Å². The highest BCUT2D eigenvalue weighted by atomic mass is 32.2. The Morgan fingerprint density at radius 1 is 1.20 bits per heavy atom. The molecule has 0 unspecified atom stereocenters. The van der Waals surface area contributed by atoms with Crippen molar-refractivity contribution >= 4 is 15.8 Å². The van der Waals surface area contributed by atoms with Crippen LogP contribution in [0.25, 0.3) is 0 Å². The normalized spacial score (nSPS) is 18.6. The standard InChI is InChI=1S/C13H17NO5S/c15-12(16)10-1-3-11(4-2-10)20(18,19)9-13(17)5-7-14-8-6-13/h1-4,14,17H,5-9H2,(H,15,16). The highest BCUT2D eigenvalue weighted by Crippen LogP contribution is 2.24. The predicted molar refractivity (Wildman–Crippen MR) is 72.5 cm³/mol. The van der Waals surface area contributed by atoms with E-state index in [1.807, 2.05) is 0 Å². The zero-order valence-corrected chi connectivity index (χ0v) is 11.7. The largest absolute Gasteiger partial charge is 0.478 e. The summed E-state index contributed by atoms with van der Waals surface area (Å²) in [5.41, 5.74) is -1.18. The molecule has 1 aromatic carbocycles. The molecule has 1 aliphatic heterocycles. The Kier molecular flexibility index (Phi) is 4.12. The lowest BCUT2D eigenvalue weighted by atomic mass is 9.95. The molecule has 0 spiro atoms. The number of rotatable bonds is 4. The lowest BCUT2D eigenvalue weighted by molar-refractivity contribution is 0.0323. The molecule has 7 heteroatoms. The molecule has 0 aliphatic carbocycles. The van der Waals surface area contributed by atoms with Gasteiger partial charge in [0.1, 0.15) is 0 Å². The Morgan fingerprint density at radius 2 is 1.75 bits per heavy atom. The summed E-state index contributed by atoms with van der Waals surface area (Å²) in [4.78, 5) is 10.8. The van der Waals surface area contributed by atoms with Gasteiger partial charge in [-0.2, -0.15) is 0 Å². The van der Waals surface area contributed by atoms with Crippen molar-refractivity contribution in [3.05, 3.63) is 29.8 Å². The lowest BCUT2D eigenvalue weighted by Crippen LogP contribution is -2.46. The number of nitrogens with one attached hydrogen (secondary N) is 1. The molecule has 0 amide bonds. The van der Waals surface area contributed by atoms with Gasteiger partial charge < -0.3 is 15.5 Å². The summed E-state index contributed by atoms with van der Waals surface area (Å²) < 4.78 is 24.5. The molecule has 0 radical (unpaired) electrons. The molecular weight excluding hydrogens is 282 g/mol. The molecule has 1 aromatic rings. The van der Waals surface area contributed by atoms with Crippen LogP contribution in [-0.2, 0) is 9.84 Å². The number of carboxylic acid groups (broad SMARTS) is 1. The highest BCUT2D eigenvalue weighted by molar-refractivity contribution is 7.91. The zero-order chi connectivity index (χ0) is 14.8. The first kappa shape index (κ1) is 15.0. The van der Waals surface area contributed by atoms with Crippen LogP contribution in [0.2, 0.25) is 0 Å². The Bertz CT molecular complexity index is 588. The van der Waals surface area contributed by atoms with E-state index in [1.54, 1.807) is 0 Å². The summed E-state index contributed by atoms with van der Waals surface area (Å²) >= 11 is 0. The van der Waals surface area contributed by atoms with E-state index in [1.165, 1.54) is 24.3 Å². The third-order valence-electron chi connectivity index (χ3n) is 3.45. The molecule has 6 nitrogen and oxygen atoms in total. The van der Waals surface area contributed by atoms with Crippen LogP contribution in [0.4, 0.5) is 0 Å². The first-order chi connectivity index (χ1) is 9.32. The van der Waals surface area contributed by atoms with Crippen LogP contribution in [0.3, 0.4) is 0 Å². The number of carbonyl (C=O) groups is 1. The first-order valence-electron chi connectivity index (χ1n) is 6.32. The average Bonchev–Trinajstić information content (AvgIpc) is 2.38. The molecule has 2 rings (SSSR count). The van der Waals surface area contributed by atoms with Crippen LogP contribution < -0.4 is 5.32 Å². The second-order valence-corrected chi connectivity index (χ2v) is 7.05. The maximum absolute atomic E-state index is 12.3. The smallest absolute Gasteiger partial charge is 0.335 e. The quantitative estimate of drug-likeness (QED) is 0.737. The van der Waals surface area contributed by atoms with Gasteiger partial charge in [0.15, 0.2) is 9.84 Å². The fourth-order valence-corrected chi connectivity index (χ4v) is 3.99. The number of carboxylic acids is 1. The Hall–Kier alpha value is -1.44. The molecule has 20 heavy (non-hydrogen) atoms. The van der Waals surface area contributed by atoms with Crippen molar-refractivity contribution in [3.63, 3.8) is 0 Å². The van der Waals surface area contributed by atoms with Crippen molar-refractivity contribution in [2.45, 2.75) is 23.3 Å². The Labute approximate surface area is 117 Å². The molecule has 0 saturated carbocycles. The van der Waals surface area contributed by atoms with E-state index in [9.17, 15) is 18.3 Å². The average molecular weight is 299 g/mol. The van der Waals surface area contributed by atoms with Crippen molar-refractivity contribution in [1.82, 2.24) is 5.32 Å². The molecule has 1 saturated heterocycles. The van der Waals surface area contributed by atoms with E-state index in [0.717, 1.165) is 0 Å². The zero-order valence-electron chi connectivity index (χ0n) is 10.9. The van der Waals surface area contributed by atoms with Gasteiger partial charge >= 0.3 is 5.97 Å². The summed E-state index contributed by atoms with van der Waals surface area (Å²) in [5, 5.41) is 22.1. The molecule has 3 N–H and O–H groups in total. The number of hydrogen-bond acceptors (Lipinski definition) is 5. The van der Waals surface area contributed by atoms with E-state index < -0.39 is 21.4 Å². The monoisotopic (exact) mass is 299 g/mol. The van der Waals surface area contributed by atoms with Crippen LogP contribution >= 0.6 is 0 Å². The molecule has 1 fully saturated rings. The van der Waals surface area contributed by atoms with Gasteiger partial charge in [0.25, 0.3) is 0 Å². The topological polar surface area (TPSA) is 104 Å². The van der Waals surface area contributed by atoms with Gasteiger partial charge in [0.2, 0.25) is 0 Å². The van der Waals surface area contributed by atoms with Gasteiger partial charge in [0, 0.05) is 0 Å². The SMILES string of the molecule is O=C(O)c1ccc(S(=O)(=O)CC2(O)CCNCC2)cc1. The number of sulfone groups is 1. The van der Waals surface area contributed by atoms with E-state index in [2.05, 4.69) is 5.32 Å². The summed E-state index contributed by atoms with van der Waals surface area (Å²) in [5.74, 6) is -1.44. The van der Waals surface area contributed by atoms with Crippen LogP contribution in [-0.4, -0.2) is 49.0 Å². The number of benzene rings is 1. The van der Waals surface area contributed by atoms with E-state index in [-0.39, 0.29) is 16.2 Å². The van der Waals surface area contributed by atoms with Gasteiger partial charge in [-0.05, 0) is 50.2 Å². The maximum atomic E-state index is 12.3. The van der Waals surface area contributed by atoms with Crippen LogP contribution in [0.1, 0.15) is 23.2 Å². The fourth-order valence-electron chi connectivity index (χ4n) is 2.28. The third-order valence-corrected chi connectivity index (χ3v) is 5.36. The van der Waals surface area contributed by atoms with Crippen LogP contribution in [0, 0.1) is 0 Å². The Balaban J connectivity index is 2.19. The number of aliphatic hydroxyl groups is 1. The first-order valence-corrected chi connectivity index (χ1v) is 7.97. The van der Waals surface area contributed by atoms with Gasteiger partial charge in [-0.1, -0.05) is 0 Å². The Morgan fingerprint density at radius 3 is 2.25 bits per heavy atom. The molecule has 0 aromatic heterocycles. The number of aromatic carboxylic acids is 1. The highest BCUT2D eigenvalue weighted by Gasteiger charge is 2.35. The van der Waals surface area contributed by atoms with E-state index in [4.69, 9.17) is 5.11 Å². The summed E-state index contributed by atoms with van der Waals surface area (Å²) in [6.07, 6.45) is 0.777. The fraction of sp³-hybridized carbons (Fsp3) is 0.462. The van der Waals surface area contributed by atoms with Gasteiger partial charge in [-0.25, -0.2) is 13.2 Å². The van der Waals surface area contributed by atoms with Crippen molar-refractivity contribution in [2.75, 3.05) is 18.8 Å². The minimum Gasteiger partial charge on any atom is -0.478 e. The minimum absolute atomic E-state index is 0.0320. The van der Waals surface area contributed by atoms with E-state index in [0.29, 0.717) is 25.9 Å². The lowest BCUT2D eigenvalue weighted by Gasteiger charge is -2.32. The number of piperidine rings is 1. The predicted octanol–water partition coefficient (Wildman–Crippen LogP) is 0.273. The maximum Gasteiger partial charge on any atom is 0.335 e. The molecular formula is C13H17NO5S. The minimum atomic E-state index is -3.63. The molecule has 0 bridgehead atoms. The van der Waals surface area contributed by atoms with Gasteiger partial charge in [0.05, 0.1) is 21.8 Å². The number of hydrogen-bond donors (Lipinski definition) is 3. The van der Waals surface area contributed by atoms with Crippen molar-refractivity contribution in [3.8, 4) is 0 Å².